The van der Waals surface area contributed by atoms with Crippen LogP contribution in [-0.2, 0) is 0 Å². The molecule has 0 saturated heterocycles. The van der Waals surface area contributed by atoms with Gasteiger partial charge < -0.3 is 10.1 Å². The van der Waals surface area contributed by atoms with Crippen LogP contribution in [0, 0.1) is 12.7 Å². The second-order valence-electron chi connectivity index (χ2n) is 5.53. The topological polar surface area (TPSA) is 38.3 Å². The molecule has 0 radical (unpaired) electrons. The van der Waals surface area contributed by atoms with E-state index in [0.717, 1.165) is 18.6 Å². The van der Waals surface area contributed by atoms with Crippen molar-refractivity contribution in [3.63, 3.8) is 0 Å². The molecular formula is C20H22FNO2. The molecular weight excluding hydrogens is 305 g/mol. The summed E-state index contributed by atoms with van der Waals surface area (Å²) in [6.45, 7) is 4.49. The number of rotatable bonds is 8. The fourth-order valence-electron chi connectivity index (χ4n) is 2.04. The molecule has 0 bridgehead atoms. The predicted molar refractivity (Wildman–Crippen MR) is 95.1 cm³/mol. The largest absolute Gasteiger partial charge is 0.494 e. The Balaban J connectivity index is 1.90. The molecule has 2 aromatic carbocycles. The van der Waals surface area contributed by atoms with Gasteiger partial charge in [0.15, 0.2) is 5.78 Å². The number of halogens is 1. The van der Waals surface area contributed by atoms with Gasteiger partial charge in [-0.3, -0.25) is 4.79 Å². The molecule has 0 aliphatic rings. The van der Waals surface area contributed by atoms with Gasteiger partial charge in [0.1, 0.15) is 11.6 Å². The van der Waals surface area contributed by atoms with Gasteiger partial charge in [0.25, 0.3) is 0 Å². The summed E-state index contributed by atoms with van der Waals surface area (Å²) in [4.78, 5) is 12.1. The summed E-state index contributed by atoms with van der Waals surface area (Å²) >= 11 is 0. The molecule has 3 nitrogen and oxygen atoms in total. The first kappa shape index (κ1) is 17.7. The van der Waals surface area contributed by atoms with E-state index in [1.807, 2.05) is 0 Å². The first-order valence-electron chi connectivity index (χ1n) is 8.06. The number of unbranched alkanes of at least 4 members (excludes halogenated alkanes) is 1. The summed E-state index contributed by atoms with van der Waals surface area (Å²) in [5.74, 6) is 0.353. The lowest BCUT2D eigenvalue weighted by Gasteiger charge is -2.05. The SMILES string of the molecule is CCCCOc1ccc(C(=O)/C=C/Nc2ccc(C)c(F)c2)cc1. The van der Waals surface area contributed by atoms with Gasteiger partial charge in [-0.1, -0.05) is 19.4 Å². The van der Waals surface area contributed by atoms with E-state index < -0.39 is 0 Å². The average molecular weight is 327 g/mol. The molecule has 126 valence electrons. The molecule has 4 heteroatoms. The molecule has 0 fully saturated rings. The van der Waals surface area contributed by atoms with Crippen molar-refractivity contribution in [3.05, 3.63) is 71.7 Å². The van der Waals surface area contributed by atoms with Gasteiger partial charge in [-0.15, -0.1) is 0 Å². The number of ketones is 1. The lowest BCUT2D eigenvalue weighted by Crippen LogP contribution is -1.99. The van der Waals surface area contributed by atoms with Gasteiger partial charge in [-0.2, -0.15) is 0 Å². The van der Waals surface area contributed by atoms with Crippen LogP contribution >= 0.6 is 0 Å². The third-order valence-corrected chi connectivity index (χ3v) is 3.56. The van der Waals surface area contributed by atoms with Crippen LogP contribution in [0.5, 0.6) is 5.75 Å². The standard InChI is InChI=1S/C20H22FNO2/c1-3-4-13-24-18-9-6-16(7-10-18)20(23)11-12-22-17-8-5-15(2)19(21)14-17/h5-12,14,22H,3-4,13H2,1-2H3/b12-11+. The predicted octanol–water partition coefficient (Wildman–Crippen LogP) is 5.12. The number of hydrogen-bond donors (Lipinski definition) is 1. The highest BCUT2D eigenvalue weighted by molar-refractivity contribution is 6.04. The molecule has 0 aliphatic carbocycles. The van der Waals surface area contributed by atoms with Gasteiger partial charge in [0, 0.05) is 23.5 Å². The molecule has 0 spiro atoms. The van der Waals surface area contributed by atoms with Crippen molar-refractivity contribution >= 4 is 11.5 Å². The van der Waals surface area contributed by atoms with Crippen LogP contribution in [0.4, 0.5) is 10.1 Å². The minimum atomic E-state index is -0.279. The van der Waals surface area contributed by atoms with Crippen molar-refractivity contribution in [2.45, 2.75) is 26.7 Å². The van der Waals surface area contributed by atoms with E-state index in [0.29, 0.717) is 23.4 Å². The third-order valence-electron chi connectivity index (χ3n) is 3.56. The van der Waals surface area contributed by atoms with E-state index in [-0.39, 0.29) is 11.6 Å². The minimum absolute atomic E-state index is 0.129. The summed E-state index contributed by atoms with van der Waals surface area (Å²) in [6.07, 6.45) is 5.02. The molecule has 0 atom stereocenters. The van der Waals surface area contributed by atoms with E-state index in [1.165, 1.54) is 18.3 Å². The molecule has 0 aliphatic heterocycles. The highest BCUT2D eigenvalue weighted by Crippen LogP contribution is 2.15. The van der Waals surface area contributed by atoms with Crippen molar-refractivity contribution < 1.29 is 13.9 Å². The van der Waals surface area contributed by atoms with E-state index >= 15 is 0 Å². The normalized spacial score (nSPS) is 10.8. The second-order valence-corrected chi connectivity index (χ2v) is 5.53. The maximum absolute atomic E-state index is 13.4. The summed E-state index contributed by atoms with van der Waals surface area (Å²) in [7, 11) is 0. The zero-order valence-electron chi connectivity index (χ0n) is 14.0. The number of ether oxygens (including phenoxy) is 1. The lowest BCUT2D eigenvalue weighted by atomic mass is 10.1. The summed E-state index contributed by atoms with van der Waals surface area (Å²) in [5.41, 5.74) is 1.76. The average Bonchev–Trinajstić information content (AvgIpc) is 2.59. The minimum Gasteiger partial charge on any atom is -0.494 e. The maximum Gasteiger partial charge on any atom is 0.187 e. The van der Waals surface area contributed by atoms with Gasteiger partial charge >= 0.3 is 0 Å². The van der Waals surface area contributed by atoms with Crippen molar-refractivity contribution in [3.8, 4) is 5.75 Å². The fraction of sp³-hybridized carbons (Fsp3) is 0.250. The quantitative estimate of drug-likeness (QED) is 0.415. The molecule has 0 aromatic heterocycles. The van der Waals surface area contributed by atoms with Crippen molar-refractivity contribution in [1.82, 2.24) is 0 Å². The number of hydrogen-bond acceptors (Lipinski definition) is 3. The van der Waals surface area contributed by atoms with Gasteiger partial charge in [0.05, 0.1) is 6.61 Å². The summed E-state index contributed by atoms with van der Waals surface area (Å²) in [5, 5.41) is 2.89. The van der Waals surface area contributed by atoms with E-state index in [2.05, 4.69) is 12.2 Å². The van der Waals surface area contributed by atoms with Crippen molar-refractivity contribution in [1.29, 1.82) is 0 Å². The third kappa shape index (κ3) is 5.23. The summed E-state index contributed by atoms with van der Waals surface area (Å²) < 4.78 is 19.0. The molecule has 0 unspecified atom stereocenters. The first-order valence-corrected chi connectivity index (χ1v) is 8.06. The molecule has 1 N–H and O–H groups in total. The second kappa shape index (κ2) is 8.87. The monoisotopic (exact) mass is 327 g/mol. The number of carbonyl (C=O) groups is 1. The van der Waals surface area contributed by atoms with Gasteiger partial charge in [0.2, 0.25) is 0 Å². The van der Waals surface area contributed by atoms with Crippen molar-refractivity contribution in [2.24, 2.45) is 0 Å². The number of benzene rings is 2. The van der Waals surface area contributed by atoms with Crippen LogP contribution in [0.25, 0.3) is 0 Å². The Morgan fingerprint density at radius 2 is 1.96 bits per heavy atom. The van der Waals surface area contributed by atoms with Gasteiger partial charge in [-0.25, -0.2) is 4.39 Å². The molecule has 0 saturated carbocycles. The van der Waals surface area contributed by atoms with E-state index in [1.54, 1.807) is 43.3 Å². The van der Waals surface area contributed by atoms with Crippen LogP contribution < -0.4 is 10.1 Å². The zero-order chi connectivity index (χ0) is 17.4. The number of allylic oxidation sites excluding steroid dienone is 1. The van der Waals surface area contributed by atoms with Crippen LogP contribution in [0.3, 0.4) is 0 Å². The molecule has 2 rings (SSSR count). The zero-order valence-corrected chi connectivity index (χ0v) is 14.0. The highest BCUT2D eigenvalue weighted by atomic mass is 19.1. The molecule has 0 amide bonds. The van der Waals surface area contributed by atoms with Crippen molar-refractivity contribution in [2.75, 3.05) is 11.9 Å². The Morgan fingerprint density at radius 1 is 1.21 bits per heavy atom. The number of aryl methyl sites for hydroxylation is 1. The molecule has 24 heavy (non-hydrogen) atoms. The Morgan fingerprint density at radius 3 is 2.62 bits per heavy atom. The van der Waals surface area contributed by atoms with Crippen LogP contribution in [-0.4, -0.2) is 12.4 Å². The Hall–Kier alpha value is -2.62. The van der Waals surface area contributed by atoms with Crippen LogP contribution in [0.2, 0.25) is 0 Å². The number of nitrogens with one attached hydrogen (secondary N) is 1. The number of anilines is 1. The highest BCUT2D eigenvalue weighted by Gasteiger charge is 2.02. The molecule has 0 heterocycles. The Labute approximate surface area is 142 Å². The van der Waals surface area contributed by atoms with E-state index in [9.17, 15) is 9.18 Å². The summed E-state index contributed by atoms with van der Waals surface area (Å²) in [6, 6.07) is 11.9. The first-order chi connectivity index (χ1) is 11.6. The number of carbonyl (C=O) groups excluding carboxylic acids is 1. The van der Waals surface area contributed by atoms with Crippen LogP contribution in [0.1, 0.15) is 35.7 Å². The Kier molecular flexibility index (Phi) is 6.55. The smallest absolute Gasteiger partial charge is 0.187 e. The maximum atomic E-state index is 13.4. The van der Waals surface area contributed by atoms with Gasteiger partial charge in [-0.05, 0) is 55.3 Å². The Bertz CT molecular complexity index is 708. The van der Waals surface area contributed by atoms with Crippen LogP contribution in [0.15, 0.2) is 54.7 Å². The fourth-order valence-corrected chi connectivity index (χ4v) is 2.04. The lowest BCUT2D eigenvalue weighted by molar-refractivity contribution is 0.104. The van der Waals surface area contributed by atoms with E-state index in [4.69, 9.17) is 4.74 Å². The molecule has 2 aromatic rings.